The van der Waals surface area contributed by atoms with E-state index in [0.717, 1.165) is 10.8 Å². The average molecular weight is 400 g/mol. The lowest BCUT2D eigenvalue weighted by atomic mass is 10.1. The highest BCUT2D eigenvalue weighted by molar-refractivity contribution is 7.89. The average Bonchev–Trinajstić information content (AvgIpc) is 3.15. The molecule has 0 unspecified atom stereocenters. The largest absolute Gasteiger partial charge is 0.338 e. The Morgan fingerprint density at radius 1 is 0.963 bits per heavy atom. The standard InChI is InChI=1S/C19H14ClN3O3S/c20-16-7-3-6-15(10-16)19-22-18(26-23-19)12-21-27(24,25)17-9-8-13-4-1-2-5-14(13)11-17/h1-11,21H,12H2. The zero-order valence-corrected chi connectivity index (χ0v) is 15.5. The summed E-state index contributed by atoms with van der Waals surface area (Å²) < 4.78 is 32.7. The molecule has 4 aromatic rings. The van der Waals surface area contributed by atoms with E-state index in [4.69, 9.17) is 16.1 Å². The van der Waals surface area contributed by atoms with E-state index >= 15 is 0 Å². The first kappa shape index (κ1) is 17.7. The van der Waals surface area contributed by atoms with Crippen molar-refractivity contribution < 1.29 is 12.9 Å². The Morgan fingerprint density at radius 3 is 2.59 bits per heavy atom. The van der Waals surface area contributed by atoms with Crippen LogP contribution in [0.4, 0.5) is 0 Å². The van der Waals surface area contributed by atoms with Gasteiger partial charge in [0.15, 0.2) is 0 Å². The number of nitrogens with one attached hydrogen (secondary N) is 1. The van der Waals surface area contributed by atoms with Crippen LogP contribution in [0.15, 0.2) is 76.1 Å². The molecule has 0 saturated heterocycles. The first-order valence-electron chi connectivity index (χ1n) is 8.08. The third kappa shape index (κ3) is 3.85. The molecule has 0 amide bonds. The van der Waals surface area contributed by atoms with Gasteiger partial charge in [0.1, 0.15) is 0 Å². The molecular weight excluding hydrogens is 386 g/mol. The first-order chi connectivity index (χ1) is 13.0. The Hall–Kier alpha value is -2.74. The lowest BCUT2D eigenvalue weighted by Crippen LogP contribution is -2.23. The Morgan fingerprint density at radius 2 is 1.78 bits per heavy atom. The summed E-state index contributed by atoms with van der Waals surface area (Å²) in [5.74, 6) is 0.506. The van der Waals surface area contributed by atoms with Crippen LogP contribution in [0.1, 0.15) is 5.89 Å². The van der Waals surface area contributed by atoms with E-state index < -0.39 is 10.0 Å². The van der Waals surface area contributed by atoms with Gasteiger partial charge in [-0.3, -0.25) is 0 Å². The highest BCUT2D eigenvalue weighted by Crippen LogP contribution is 2.21. The zero-order valence-electron chi connectivity index (χ0n) is 14.0. The molecule has 1 aromatic heterocycles. The van der Waals surface area contributed by atoms with Crippen LogP contribution in [0, 0.1) is 0 Å². The Kier molecular flexibility index (Phi) is 4.65. The third-order valence-corrected chi connectivity index (χ3v) is 5.63. The number of hydrogen-bond acceptors (Lipinski definition) is 5. The van der Waals surface area contributed by atoms with Gasteiger partial charge < -0.3 is 4.52 Å². The number of fused-ring (bicyclic) bond motifs is 1. The minimum absolute atomic E-state index is 0.108. The normalized spacial score (nSPS) is 11.7. The highest BCUT2D eigenvalue weighted by Gasteiger charge is 2.17. The van der Waals surface area contributed by atoms with Crippen LogP contribution < -0.4 is 4.72 Å². The van der Waals surface area contributed by atoms with Gasteiger partial charge in [0, 0.05) is 10.6 Å². The van der Waals surface area contributed by atoms with Gasteiger partial charge in [0.2, 0.25) is 21.7 Å². The lowest BCUT2D eigenvalue weighted by Gasteiger charge is -2.06. The maximum Gasteiger partial charge on any atom is 0.242 e. The van der Waals surface area contributed by atoms with E-state index in [2.05, 4.69) is 14.9 Å². The van der Waals surface area contributed by atoms with Gasteiger partial charge in [-0.15, -0.1) is 0 Å². The third-order valence-electron chi connectivity index (χ3n) is 4.00. The molecule has 0 radical (unpaired) electrons. The molecular formula is C19H14ClN3O3S. The monoisotopic (exact) mass is 399 g/mol. The molecule has 0 spiro atoms. The lowest BCUT2D eigenvalue weighted by molar-refractivity contribution is 0.376. The van der Waals surface area contributed by atoms with Crippen LogP contribution in [-0.4, -0.2) is 18.6 Å². The predicted octanol–water partition coefficient (Wildman–Crippen LogP) is 4.02. The van der Waals surface area contributed by atoms with Crippen LogP contribution in [-0.2, 0) is 16.6 Å². The fourth-order valence-electron chi connectivity index (χ4n) is 2.65. The summed E-state index contributed by atoms with van der Waals surface area (Å²) in [7, 11) is -3.71. The molecule has 0 bridgehead atoms. The molecule has 1 N–H and O–H groups in total. The molecule has 4 rings (SSSR count). The van der Waals surface area contributed by atoms with Gasteiger partial charge in [-0.05, 0) is 35.0 Å². The van der Waals surface area contributed by atoms with Crippen molar-refractivity contribution in [2.24, 2.45) is 0 Å². The van der Waals surface area contributed by atoms with Crippen molar-refractivity contribution in [3.05, 3.63) is 77.6 Å². The van der Waals surface area contributed by atoms with Gasteiger partial charge in [-0.2, -0.15) is 4.98 Å². The van der Waals surface area contributed by atoms with Gasteiger partial charge in [0.05, 0.1) is 11.4 Å². The van der Waals surface area contributed by atoms with Gasteiger partial charge in [-0.25, -0.2) is 13.1 Å². The van der Waals surface area contributed by atoms with Crippen molar-refractivity contribution in [1.29, 1.82) is 0 Å². The number of sulfonamides is 1. The van der Waals surface area contributed by atoms with E-state index in [9.17, 15) is 8.42 Å². The molecule has 3 aromatic carbocycles. The second kappa shape index (κ2) is 7.11. The molecule has 1 heterocycles. The van der Waals surface area contributed by atoms with Crippen molar-refractivity contribution in [2.75, 3.05) is 0 Å². The van der Waals surface area contributed by atoms with E-state index in [1.165, 1.54) is 0 Å². The number of hydrogen-bond donors (Lipinski definition) is 1. The smallest absolute Gasteiger partial charge is 0.242 e. The molecule has 136 valence electrons. The minimum atomic E-state index is -3.71. The summed E-state index contributed by atoms with van der Waals surface area (Å²) in [6.45, 7) is -0.108. The number of rotatable bonds is 5. The summed E-state index contributed by atoms with van der Waals surface area (Å²) in [5.41, 5.74) is 0.690. The van der Waals surface area contributed by atoms with Gasteiger partial charge in [0.25, 0.3) is 0 Å². The molecule has 0 aliphatic carbocycles. The van der Waals surface area contributed by atoms with Crippen LogP contribution in [0.5, 0.6) is 0 Å². The molecule has 0 aliphatic heterocycles. The molecule has 0 saturated carbocycles. The number of aromatic nitrogens is 2. The summed E-state index contributed by atoms with van der Waals surface area (Å²) in [6.07, 6.45) is 0. The van der Waals surface area contributed by atoms with Crippen LogP contribution in [0.2, 0.25) is 5.02 Å². The SMILES string of the molecule is O=S(=O)(NCc1nc(-c2cccc(Cl)c2)no1)c1ccc2ccccc2c1. The zero-order chi connectivity index (χ0) is 18.9. The fraction of sp³-hybridized carbons (Fsp3) is 0.0526. The van der Waals surface area contributed by atoms with E-state index in [-0.39, 0.29) is 17.3 Å². The van der Waals surface area contributed by atoms with Crippen molar-refractivity contribution in [1.82, 2.24) is 14.9 Å². The van der Waals surface area contributed by atoms with Crippen molar-refractivity contribution in [3.63, 3.8) is 0 Å². The second-order valence-electron chi connectivity index (χ2n) is 5.86. The van der Waals surface area contributed by atoms with E-state index in [1.54, 1.807) is 42.5 Å². The number of benzene rings is 3. The number of nitrogens with zero attached hydrogens (tertiary/aromatic N) is 2. The quantitative estimate of drug-likeness (QED) is 0.547. The first-order valence-corrected chi connectivity index (χ1v) is 9.94. The Bertz CT molecular complexity index is 1220. The van der Waals surface area contributed by atoms with Crippen LogP contribution in [0.25, 0.3) is 22.2 Å². The van der Waals surface area contributed by atoms with E-state index in [0.29, 0.717) is 16.4 Å². The van der Waals surface area contributed by atoms with Crippen LogP contribution >= 0.6 is 11.6 Å². The fourth-order valence-corrected chi connectivity index (χ4v) is 3.85. The van der Waals surface area contributed by atoms with Crippen molar-refractivity contribution in [2.45, 2.75) is 11.4 Å². The maximum atomic E-state index is 12.6. The molecule has 0 aliphatic rings. The molecule has 27 heavy (non-hydrogen) atoms. The van der Waals surface area contributed by atoms with Crippen molar-refractivity contribution >= 4 is 32.4 Å². The van der Waals surface area contributed by atoms with E-state index in [1.807, 2.05) is 24.3 Å². The summed E-state index contributed by atoms with van der Waals surface area (Å²) in [4.78, 5) is 4.38. The van der Waals surface area contributed by atoms with Crippen molar-refractivity contribution in [3.8, 4) is 11.4 Å². The molecule has 0 atom stereocenters. The molecule has 0 fully saturated rings. The summed E-state index contributed by atoms with van der Waals surface area (Å²) >= 11 is 5.95. The minimum Gasteiger partial charge on any atom is -0.338 e. The number of halogens is 1. The predicted molar refractivity (Wildman–Crippen MR) is 103 cm³/mol. The highest BCUT2D eigenvalue weighted by atomic mass is 35.5. The second-order valence-corrected chi connectivity index (χ2v) is 8.06. The molecule has 8 heteroatoms. The maximum absolute atomic E-state index is 12.6. The Balaban J connectivity index is 1.52. The summed E-state index contributed by atoms with van der Waals surface area (Å²) in [6, 6.07) is 19.5. The Labute approximate surface area is 160 Å². The molecule has 6 nitrogen and oxygen atoms in total. The van der Waals surface area contributed by atoms with Crippen LogP contribution in [0.3, 0.4) is 0 Å². The van der Waals surface area contributed by atoms with Gasteiger partial charge in [-0.1, -0.05) is 59.2 Å². The van der Waals surface area contributed by atoms with Gasteiger partial charge >= 0.3 is 0 Å². The summed E-state index contributed by atoms with van der Waals surface area (Å²) in [5, 5.41) is 6.23. The topological polar surface area (TPSA) is 85.1 Å².